The quantitative estimate of drug-likeness (QED) is 0.0159. The number of carbonyl (C=O) groups is 14. The molecule has 0 unspecified atom stereocenters. The summed E-state index contributed by atoms with van der Waals surface area (Å²) in [4.78, 5) is 218. The summed E-state index contributed by atoms with van der Waals surface area (Å²) in [6.45, 7) is 3.49. The second-order valence-electron chi connectivity index (χ2n) is 34.9. The van der Waals surface area contributed by atoms with Crippen LogP contribution < -0.4 is 97.4 Å². The van der Waals surface area contributed by atoms with Crippen LogP contribution >= 0.6 is 43.2 Å². The fourth-order valence-corrected chi connectivity index (χ4v) is 20.1. The molecule has 768 valence electrons. The van der Waals surface area contributed by atoms with Gasteiger partial charge in [0, 0.05) is 82.9 Å². The zero-order chi connectivity index (χ0) is 103. The van der Waals surface area contributed by atoms with Crippen LogP contribution in [-0.2, 0) is 106 Å². The van der Waals surface area contributed by atoms with Crippen molar-refractivity contribution in [3.8, 4) is 0 Å². The van der Waals surface area contributed by atoms with Crippen LogP contribution in [0.15, 0.2) is 182 Å². The summed E-state index contributed by atoms with van der Waals surface area (Å²) in [5.41, 5.74) is 29.7. The minimum atomic E-state index is -1.95. The Morgan fingerprint density at radius 2 is 0.655 bits per heavy atom. The van der Waals surface area contributed by atoms with Crippen molar-refractivity contribution in [1.82, 2.24) is 84.4 Å². The van der Waals surface area contributed by atoms with Crippen molar-refractivity contribution in [2.75, 3.05) is 49.3 Å². The van der Waals surface area contributed by atoms with E-state index in [4.69, 9.17) is 22.9 Å². The van der Waals surface area contributed by atoms with Gasteiger partial charge in [-0.1, -0.05) is 201 Å². The molecule has 0 radical (unpaired) electrons. The van der Waals surface area contributed by atoms with Crippen molar-refractivity contribution < 1.29 is 97.8 Å². The van der Waals surface area contributed by atoms with E-state index in [-0.39, 0.29) is 77.3 Å². The predicted octanol–water partition coefficient (Wildman–Crippen LogP) is -1.61. The Bertz CT molecular complexity index is 5120. The predicted molar refractivity (Wildman–Crippen MR) is 544 cm³/mol. The van der Waals surface area contributed by atoms with Crippen LogP contribution in [0.3, 0.4) is 0 Å². The Morgan fingerprint density at radius 1 is 0.359 bits per heavy atom. The average molecular weight is 2040 g/mol. The van der Waals surface area contributed by atoms with E-state index in [1.165, 1.54) is 13.8 Å². The van der Waals surface area contributed by atoms with Crippen molar-refractivity contribution in [3.63, 3.8) is 0 Å². The summed E-state index contributed by atoms with van der Waals surface area (Å²) in [7, 11) is 3.45. The number of aliphatic hydroxyl groups is 6. The molecule has 9 rings (SSSR count). The fourth-order valence-electron chi connectivity index (χ4n) is 15.5. The summed E-state index contributed by atoms with van der Waals surface area (Å²) in [5, 5.41) is 104. The molecule has 30 N–H and O–H groups in total. The van der Waals surface area contributed by atoms with Gasteiger partial charge in [0.05, 0.1) is 61.8 Å². The number of hydrogen-bond acceptors (Lipinski definition) is 28. The van der Waals surface area contributed by atoms with E-state index in [9.17, 15) is 49.8 Å². The van der Waals surface area contributed by atoms with E-state index in [0.717, 1.165) is 57.0 Å². The van der Waals surface area contributed by atoms with Crippen molar-refractivity contribution >= 4 is 148 Å². The standard InChI is InChI=1S/C98H132N20O20S4/c1-55(121)77(49-119)111-95(135)81-53-141-139-51-79(113-85(125)67(101)41-59-25-9-5-10-26-59)93(133)107-73(43-61-29-13-7-14-30-61)89(129)110-76(46-64-48-104-70-36-20-18-34-66(64)70)92(132)106-72(38-22-24-40-100)88(128)118-84(58(4)124)98(138)116-82(96(136)112-78(50-120)56(2)122)54-142-140-52-80(114-86(126)68(102)42-60-27-11-6-12-28-60)94(134)108-74(44-62-31-15-8-16-32-62)90(130)109-75(45-63-47-103-69-35-19-17-33-65(63)69)91(131)105-71(37-21-23-39-99)87(127)117-83(57(3)123)97(137)115-81/h5-20,25-36,47-48,55-58,67-68,71-84,103-104,119-124H,21-24,37-46,49-54,99-102H2,1-4H3,(H,105,131)(H,106,132)(H,107,133)(H,108,134)(H,109,130)(H,110,129)(H,111,135)(H,112,136)(H,113,125)(H,114,126)(H,115,137)(H,116,138)(H,117,127)(H,118,128)/t55-,56-,57-,58-,67-,68-,71+,72+,73+,74+,75-,76-,77-,78-,79-,80+,81+,82+,83+,84+/m1/s1. The summed E-state index contributed by atoms with van der Waals surface area (Å²) >= 11 is 0. The second-order valence-corrected chi connectivity index (χ2v) is 40.1. The molecule has 0 bridgehead atoms. The molecule has 3 heterocycles. The highest BCUT2D eigenvalue weighted by Crippen LogP contribution is 2.28. The number of para-hydroxylation sites is 2. The lowest BCUT2D eigenvalue weighted by atomic mass is 10.0. The van der Waals surface area contributed by atoms with Crippen LogP contribution in [0.2, 0.25) is 0 Å². The van der Waals surface area contributed by atoms with Crippen LogP contribution in [0.5, 0.6) is 0 Å². The number of nitrogens with one attached hydrogen (secondary N) is 16. The topological polar surface area (TPSA) is 664 Å². The number of H-pyrrole nitrogens is 2. The molecule has 1 saturated heterocycles. The Kier molecular flexibility index (Phi) is 46.8. The summed E-state index contributed by atoms with van der Waals surface area (Å²) < 4.78 is 0. The van der Waals surface area contributed by atoms with Gasteiger partial charge in [0.15, 0.2) is 0 Å². The number of nitrogens with two attached hydrogens (primary N) is 4. The summed E-state index contributed by atoms with van der Waals surface area (Å²) in [6, 6.07) is 22.8. The lowest BCUT2D eigenvalue weighted by Gasteiger charge is -2.29. The Hall–Kier alpha value is -12.0. The molecular formula is C98H132N20O20S4. The van der Waals surface area contributed by atoms with Crippen molar-refractivity contribution in [2.45, 2.75) is 226 Å². The first-order valence-electron chi connectivity index (χ1n) is 47.0. The van der Waals surface area contributed by atoms with Crippen LogP contribution in [0.1, 0.15) is 99.6 Å². The third kappa shape index (κ3) is 35.8. The molecule has 20 atom stereocenters. The molecule has 1 fully saturated rings. The number of rotatable bonds is 34. The minimum absolute atomic E-state index is 0.0205. The number of benzene rings is 6. The minimum Gasteiger partial charge on any atom is -0.394 e. The van der Waals surface area contributed by atoms with Gasteiger partial charge in [0.25, 0.3) is 0 Å². The maximum Gasteiger partial charge on any atom is 0.245 e. The van der Waals surface area contributed by atoms with Gasteiger partial charge in [-0.25, -0.2) is 0 Å². The zero-order valence-corrected chi connectivity index (χ0v) is 82.6. The molecule has 44 heteroatoms. The normalized spacial score (nSPS) is 22.8. The zero-order valence-electron chi connectivity index (χ0n) is 79.4. The Balaban J connectivity index is 1.15. The number of unbranched alkanes of at least 4 members (excludes halogenated alkanes) is 2. The molecule has 0 aliphatic carbocycles. The van der Waals surface area contributed by atoms with Crippen molar-refractivity contribution in [1.29, 1.82) is 0 Å². The first-order valence-corrected chi connectivity index (χ1v) is 52.0. The van der Waals surface area contributed by atoms with Gasteiger partial charge in [0.1, 0.15) is 72.5 Å². The van der Waals surface area contributed by atoms with Crippen LogP contribution in [-0.4, -0.2) is 294 Å². The number of aromatic amines is 2. The van der Waals surface area contributed by atoms with Gasteiger partial charge < -0.3 is 138 Å². The SMILES string of the molecule is C[C@@H](O)[C@@H]1NC(=O)[C@H](CCCCN)NC(=O)[C@@H](Cc2c[nH]c3ccccc23)NC(=O)[C@H](Cc2ccccc2)NC(=O)[C@@H](NC(=O)[C@H](N)Cc2ccccc2)CSSC[C@@H](C(=O)N[C@H](CO)[C@@H](C)O)NC(=O)[C@H]([C@@H](C)O)NC(=O)[C@H](CCCCN)NC(=O)[C@@H](Cc2c[nH]c3ccccc23)NC(=O)[C@H](Cc2ccccc2)NC(=O)[C@H](NC(=O)[C@H](N)Cc2ccccc2)CSSC[C@@H](C(=O)N[C@H](CO)[C@@H](C)O)NC1=O. The van der Waals surface area contributed by atoms with E-state index in [2.05, 4.69) is 84.4 Å². The molecule has 1 aliphatic rings. The second kappa shape index (κ2) is 58.5. The Morgan fingerprint density at radius 3 is 0.979 bits per heavy atom. The maximum atomic E-state index is 15.6. The number of amides is 14. The van der Waals surface area contributed by atoms with Gasteiger partial charge in [0.2, 0.25) is 82.7 Å². The van der Waals surface area contributed by atoms with Gasteiger partial charge in [-0.05, 0) is 138 Å². The van der Waals surface area contributed by atoms with Gasteiger partial charge in [-0.3, -0.25) is 67.1 Å². The highest BCUT2D eigenvalue weighted by Gasteiger charge is 2.41. The highest BCUT2D eigenvalue weighted by atomic mass is 33.1. The fraction of sp³-hybridized carbons (Fsp3) is 0.449. The number of aliphatic hydroxyl groups excluding tert-OH is 6. The molecule has 0 spiro atoms. The smallest absolute Gasteiger partial charge is 0.245 e. The number of carbonyl (C=O) groups excluding carboxylic acids is 14. The van der Waals surface area contributed by atoms with Crippen molar-refractivity contribution in [2.24, 2.45) is 22.9 Å². The van der Waals surface area contributed by atoms with Gasteiger partial charge in [-0.15, -0.1) is 0 Å². The molecule has 1 aliphatic heterocycles. The molecule has 2 aromatic heterocycles. The van der Waals surface area contributed by atoms with E-state index in [1.54, 1.807) is 182 Å². The number of aromatic nitrogens is 2. The third-order valence-electron chi connectivity index (χ3n) is 23.7. The highest BCUT2D eigenvalue weighted by molar-refractivity contribution is 8.77. The largest absolute Gasteiger partial charge is 0.394 e. The lowest BCUT2D eigenvalue weighted by molar-refractivity contribution is -0.136. The van der Waals surface area contributed by atoms with E-state index < -0.39 is 240 Å². The molecule has 0 saturated carbocycles. The summed E-state index contributed by atoms with van der Waals surface area (Å²) in [6.07, 6.45) is -3.72. The average Bonchev–Trinajstić information content (AvgIpc) is 1.67. The molecule has 40 nitrogen and oxygen atoms in total. The molecular weight excluding hydrogens is 1910 g/mol. The van der Waals surface area contributed by atoms with E-state index >= 15 is 47.9 Å². The summed E-state index contributed by atoms with van der Waals surface area (Å²) in [5.74, 6) is -15.7. The molecule has 14 amide bonds. The van der Waals surface area contributed by atoms with Crippen molar-refractivity contribution in [3.05, 3.63) is 216 Å². The Labute approximate surface area is 838 Å². The lowest BCUT2D eigenvalue weighted by Crippen LogP contribution is -2.62. The molecule has 8 aromatic rings. The molecule has 6 aromatic carbocycles. The number of hydrogen-bond donors (Lipinski definition) is 26. The van der Waals surface area contributed by atoms with Gasteiger partial charge in [-0.2, -0.15) is 0 Å². The van der Waals surface area contributed by atoms with Gasteiger partial charge >= 0.3 is 0 Å². The number of fused-ring (bicyclic) bond motifs is 2. The monoisotopic (exact) mass is 2040 g/mol. The molecule has 142 heavy (non-hydrogen) atoms. The third-order valence-corrected chi connectivity index (χ3v) is 28.5. The van der Waals surface area contributed by atoms with Crippen LogP contribution in [0.25, 0.3) is 21.8 Å². The first kappa shape index (κ1) is 114. The van der Waals surface area contributed by atoms with Crippen LogP contribution in [0.4, 0.5) is 0 Å². The van der Waals surface area contributed by atoms with Crippen LogP contribution in [0, 0.1) is 0 Å². The van der Waals surface area contributed by atoms with E-state index in [1.807, 2.05) is 0 Å². The first-order chi connectivity index (χ1) is 68.1. The maximum absolute atomic E-state index is 15.6. The van der Waals surface area contributed by atoms with E-state index in [0.29, 0.717) is 68.0 Å².